The summed E-state index contributed by atoms with van der Waals surface area (Å²) in [5, 5.41) is 4.84. The normalized spacial score (nSPS) is 17.9. The van der Waals surface area contributed by atoms with E-state index >= 15 is 0 Å². The molecule has 0 spiro atoms. The number of amides is 4. The number of fused-ring (bicyclic) bond motifs is 1. The van der Waals surface area contributed by atoms with Crippen LogP contribution in [0.1, 0.15) is 60.7 Å². The summed E-state index contributed by atoms with van der Waals surface area (Å²) in [6.45, 7) is 5.98. The summed E-state index contributed by atoms with van der Waals surface area (Å²) in [5.41, 5.74) is 2.29. The number of ether oxygens (including phenoxy) is 1. The molecule has 0 bridgehead atoms. The molecule has 1 fully saturated rings. The van der Waals surface area contributed by atoms with Crippen LogP contribution in [0.3, 0.4) is 0 Å². The van der Waals surface area contributed by atoms with Gasteiger partial charge < -0.3 is 9.64 Å². The van der Waals surface area contributed by atoms with Crippen LogP contribution in [0.25, 0.3) is 0 Å². The van der Waals surface area contributed by atoms with Crippen LogP contribution in [0.5, 0.6) is 0 Å². The monoisotopic (exact) mass is 467 g/mol. The second-order valence-corrected chi connectivity index (χ2v) is 9.53. The summed E-state index contributed by atoms with van der Waals surface area (Å²) in [7, 11) is 0. The van der Waals surface area contributed by atoms with Crippen molar-refractivity contribution < 1.29 is 28.3 Å². The van der Waals surface area contributed by atoms with Crippen molar-refractivity contribution in [3.05, 3.63) is 64.5 Å². The maximum Gasteiger partial charge on any atom is 0.411 e. The SMILES string of the molecule is CC(C)(C)c1ccc(NC(=O)OCc2cc(F)c3c(c2)C(=O)N(C2CCC(=O)NC2=O)C3)cc1. The molecule has 2 aliphatic rings. The van der Waals surface area contributed by atoms with Crippen LogP contribution < -0.4 is 10.6 Å². The highest BCUT2D eigenvalue weighted by Crippen LogP contribution is 2.30. The van der Waals surface area contributed by atoms with E-state index in [1.165, 1.54) is 17.0 Å². The van der Waals surface area contributed by atoms with Gasteiger partial charge in [0.2, 0.25) is 11.8 Å². The standard InChI is InChI=1S/C25H26FN3O5/c1-25(2,3)15-4-6-16(7-5-15)27-24(33)34-13-14-10-17-18(19(26)11-14)12-29(23(17)32)20-8-9-21(30)28-22(20)31/h4-7,10-11,20H,8-9,12-13H2,1-3H3,(H,27,33)(H,28,30,31). The number of rotatable bonds is 4. The van der Waals surface area contributed by atoms with E-state index in [1.54, 1.807) is 12.1 Å². The molecule has 1 saturated heterocycles. The van der Waals surface area contributed by atoms with Crippen LogP contribution in [-0.4, -0.2) is 34.8 Å². The zero-order chi connectivity index (χ0) is 24.6. The molecule has 34 heavy (non-hydrogen) atoms. The third-order valence-corrected chi connectivity index (χ3v) is 6.03. The number of carbonyl (C=O) groups is 4. The predicted octanol–water partition coefficient (Wildman–Crippen LogP) is 3.63. The summed E-state index contributed by atoms with van der Waals surface area (Å²) in [4.78, 5) is 49.9. The number of halogens is 1. The fourth-order valence-corrected chi connectivity index (χ4v) is 4.11. The molecule has 1 atom stereocenters. The fraction of sp³-hybridized carbons (Fsp3) is 0.360. The molecule has 0 saturated carbocycles. The van der Waals surface area contributed by atoms with Gasteiger partial charge in [-0.2, -0.15) is 0 Å². The molecule has 4 rings (SSSR count). The zero-order valence-electron chi connectivity index (χ0n) is 19.2. The smallest absolute Gasteiger partial charge is 0.411 e. The quantitative estimate of drug-likeness (QED) is 0.668. The van der Waals surface area contributed by atoms with Gasteiger partial charge in [-0.25, -0.2) is 9.18 Å². The summed E-state index contributed by atoms with van der Waals surface area (Å²) in [5.74, 6) is -2.06. The molecular weight excluding hydrogens is 441 g/mol. The molecule has 2 N–H and O–H groups in total. The number of piperidine rings is 1. The summed E-state index contributed by atoms with van der Waals surface area (Å²) in [6, 6.07) is 9.26. The first-order valence-electron chi connectivity index (χ1n) is 11.0. The molecule has 9 heteroatoms. The average molecular weight is 467 g/mol. The molecule has 2 aromatic carbocycles. The van der Waals surface area contributed by atoms with E-state index in [1.807, 2.05) is 12.1 Å². The van der Waals surface area contributed by atoms with Crippen LogP contribution in [0.2, 0.25) is 0 Å². The first-order valence-corrected chi connectivity index (χ1v) is 11.0. The van der Waals surface area contributed by atoms with Crippen molar-refractivity contribution in [1.82, 2.24) is 10.2 Å². The van der Waals surface area contributed by atoms with E-state index in [2.05, 4.69) is 31.4 Å². The summed E-state index contributed by atoms with van der Waals surface area (Å²) >= 11 is 0. The molecule has 2 heterocycles. The van der Waals surface area contributed by atoms with Gasteiger partial charge in [-0.3, -0.25) is 25.0 Å². The Bertz CT molecular complexity index is 1170. The number of hydrogen-bond donors (Lipinski definition) is 2. The first kappa shape index (κ1) is 23.4. The maximum atomic E-state index is 14.7. The Hall–Kier alpha value is -3.75. The van der Waals surface area contributed by atoms with Crippen molar-refractivity contribution in [3.63, 3.8) is 0 Å². The van der Waals surface area contributed by atoms with Crippen LogP contribution >= 0.6 is 0 Å². The first-order chi connectivity index (χ1) is 16.0. The van der Waals surface area contributed by atoms with Crippen molar-refractivity contribution in [2.24, 2.45) is 0 Å². The van der Waals surface area contributed by atoms with Gasteiger partial charge in [0.25, 0.3) is 5.91 Å². The van der Waals surface area contributed by atoms with Crippen LogP contribution in [0, 0.1) is 5.82 Å². The Labute approximate surface area is 196 Å². The highest BCUT2D eigenvalue weighted by Gasteiger charge is 2.40. The lowest BCUT2D eigenvalue weighted by Gasteiger charge is -2.29. The minimum absolute atomic E-state index is 0.0120. The zero-order valence-corrected chi connectivity index (χ0v) is 19.2. The summed E-state index contributed by atoms with van der Waals surface area (Å²) in [6.07, 6.45) is -0.397. The van der Waals surface area contributed by atoms with Gasteiger partial charge in [-0.05, 0) is 47.2 Å². The Morgan fingerprint density at radius 3 is 2.53 bits per heavy atom. The Balaban J connectivity index is 1.40. The third-order valence-electron chi connectivity index (χ3n) is 6.03. The highest BCUT2D eigenvalue weighted by atomic mass is 19.1. The predicted molar refractivity (Wildman–Crippen MR) is 121 cm³/mol. The van der Waals surface area contributed by atoms with Crippen LogP contribution in [0.4, 0.5) is 14.9 Å². The molecule has 2 aromatic rings. The topological polar surface area (TPSA) is 105 Å². The molecule has 1 unspecified atom stereocenters. The maximum absolute atomic E-state index is 14.7. The highest BCUT2D eigenvalue weighted by molar-refractivity contribution is 6.05. The number of carbonyl (C=O) groups excluding carboxylic acids is 4. The molecule has 178 valence electrons. The molecule has 0 aliphatic carbocycles. The number of nitrogens with zero attached hydrogens (tertiary/aromatic N) is 1. The van der Waals surface area contributed by atoms with E-state index < -0.39 is 29.8 Å². The second kappa shape index (κ2) is 8.89. The average Bonchev–Trinajstić information content (AvgIpc) is 3.09. The van der Waals surface area contributed by atoms with Gasteiger partial charge in [0.05, 0.1) is 6.54 Å². The molecule has 2 aliphatic heterocycles. The molecular formula is C25H26FN3O5. The Morgan fingerprint density at radius 1 is 1.18 bits per heavy atom. The van der Waals surface area contributed by atoms with Crippen LogP contribution in [0.15, 0.2) is 36.4 Å². The molecule has 4 amide bonds. The van der Waals surface area contributed by atoms with Crippen molar-refractivity contribution in [2.45, 2.75) is 58.2 Å². The lowest BCUT2D eigenvalue weighted by atomic mass is 9.87. The number of hydrogen-bond acceptors (Lipinski definition) is 5. The largest absolute Gasteiger partial charge is 0.444 e. The van der Waals surface area contributed by atoms with Gasteiger partial charge in [-0.1, -0.05) is 32.9 Å². The van der Waals surface area contributed by atoms with E-state index in [4.69, 9.17) is 4.74 Å². The third kappa shape index (κ3) is 4.78. The van der Waals surface area contributed by atoms with Crippen molar-refractivity contribution in [2.75, 3.05) is 5.32 Å². The fourth-order valence-electron chi connectivity index (χ4n) is 4.11. The summed E-state index contributed by atoms with van der Waals surface area (Å²) < 4.78 is 19.9. The lowest BCUT2D eigenvalue weighted by Crippen LogP contribution is -2.52. The lowest BCUT2D eigenvalue weighted by molar-refractivity contribution is -0.136. The number of anilines is 1. The number of imide groups is 1. The minimum Gasteiger partial charge on any atom is -0.444 e. The van der Waals surface area contributed by atoms with Gasteiger partial charge in [0, 0.05) is 23.2 Å². The van der Waals surface area contributed by atoms with Crippen molar-refractivity contribution in [1.29, 1.82) is 0 Å². The minimum atomic E-state index is -0.827. The van der Waals surface area contributed by atoms with E-state index in [9.17, 15) is 23.6 Å². The van der Waals surface area contributed by atoms with Crippen molar-refractivity contribution in [3.8, 4) is 0 Å². The van der Waals surface area contributed by atoms with Gasteiger partial charge in [-0.15, -0.1) is 0 Å². The van der Waals surface area contributed by atoms with E-state index in [0.717, 1.165) is 5.56 Å². The van der Waals surface area contributed by atoms with Gasteiger partial charge >= 0.3 is 6.09 Å². The van der Waals surface area contributed by atoms with E-state index in [-0.39, 0.29) is 48.4 Å². The Morgan fingerprint density at radius 2 is 1.88 bits per heavy atom. The number of benzene rings is 2. The number of nitrogens with one attached hydrogen (secondary N) is 2. The van der Waals surface area contributed by atoms with Crippen LogP contribution in [-0.2, 0) is 32.9 Å². The van der Waals surface area contributed by atoms with E-state index in [0.29, 0.717) is 11.3 Å². The second-order valence-electron chi connectivity index (χ2n) is 9.53. The van der Waals surface area contributed by atoms with Gasteiger partial charge in [0.1, 0.15) is 18.5 Å². The molecule has 8 nitrogen and oxygen atoms in total. The van der Waals surface area contributed by atoms with Gasteiger partial charge in [0.15, 0.2) is 0 Å². The van der Waals surface area contributed by atoms with Crippen molar-refractivity contribution >= 4 is 29.5 Å². The Kier molecular flexibility index (Phi) is 6.12. The molecule has 0 aromatic heterocycles. The molecule has 0 radical (unpaired) electrons.